The van der Waals surface area contributed by atoms with E-state index in [4.69, 9.17) is 0 Å². The summed E-state index contributed by atoms with van der Waals surface area (Å²) in [6.07, 6.45) is -4.53. The maximum atomic E-state index is 12.7. The predicted molar refractivity (Wildman–Crippen MR) is 89.3 cm³/mol. The van der Waals surface area contributed by atoms with E-state index in [0.29, 0.717) is 5.69 Å². The zero-order chi connectivity index (χ0) is 18.6. The highest BCUT2D eigenvalue weighted by atomic mass is 19.4. The number of alkyl halides is 3. The molecule has 0 fully saturated rings. The number of nitrogens with one attached hydrogen (secondary N) is 1. The first kappa shape index (κ1) is 18.5. The number of amides is 2. The van der Waals surface area contributed by atoms with E-state index in [9.17, 15) is 22.8 Å². The number of aryl methyl sites for hydroxylation is 1. The van der Waals surface area contributed by atoms with Crippen molar-refractivity contribution in [2.45, 2.75) is 20.0 Å². The minimum absolute atomic E-state index is 0.0894. The van der Waals surface area contributed by atoms with Crippen LogP contribution in [-0.4, -0.2) is 18.4 Å². The van der Waals surface area contributed by atoms with Gasteiger partial charge in [-0.15, -0.1) is 0 Å². The Bertz CT molecular complexity index is 788. The number of carbonyl (C=O) groups is 2. The summed E-state index contributed by atoms with van der Waals surface area (Å²) < 4.78 is 38.2. The number of hydrogen-bond donors (Lipinski definition) is 1. The Hall–Kier alpha value is -2.83. The quantitative estimate of drug-likeness (QED) is 0.851. The van der Waals surface area contributed by atoms with Gasteiger partial charge in [0.25, 0.3) is 0 Å². The van der Waals surface area contributed by atoms with Gasteiger partial charge < -0.3 is 10.2 Å². The fourth-order valence-electron chi connectivity index (χ4n) is 2.32. The van der Waals surface area contributed by atoms with Crippen molar-refractivity contribution in [2.24, 2.45) is 0 Å². The second kappa shape index (κ2) is 7.38. The van der Waals surface area contributed by atoms with E-state index in [1.54, 1.807) is 25.1 Å². The fraction of sp³-hybridized carbons (Fsp3) is 0.222. The van der Waals surface area contributed by atoms with Crippen LogP contribution in [0, 0.1) is 6.92 Å². The maximum Gasteiger partial charge on any atom is 0.416 e. The molecular formula is C18H17F3N2O2. The van der Waals surface area contributed by atoms with Gasteiger partial charge in [0.15, 0.2) is 0 Å². The van der Waals surface area contributed by atoms with Gasteiger partial charge in [0.05, 0.1) is 5.56 Å². The molecule has 4 nitrogen and oxygen atoms in total. The molecule has 0 aliphatic rings. The number of hydrogen-bond acceptors (Lipinski definition) is 2. The van der Waals surface area contributed by atoms with E-state index < -0.39 is 23.6 Å². The summed E-state index contributed by atoms with van der Waals surface area (Å²) in [7, 11) is 0. The molecule has 0 atom stereocenters. The van der Waals surface area contributed by atoms with E-state index in [0.717, 1.165) is 17.7 Å². The second-order valence-electron chi connectivity index (χ2n) is 5.42. The number of rotatable bonds is 3. The summed E-state index contributed by atoms with van der Waals surface area (Å²) >= 11 is 0. The van der Waals surface area contributed by atoms with Crippen molar-refractivity contribution in [3.63, 3.8) is 0 Å². The topological polar surface area (TPSA) is 49.4 Å². The highest BCUT2D eigenvalue weighted by Crippen LogP contribution is 2.30. The third kappa shape index (κ3) is 4.59. The number of nitrogens with zero attached hydrogens (tertiary/aromatic N) is 1. The van der Waals surface area contributed by atoms with Crippen molar-refractivity contribution >= 4 is 23.2 Å². The standard InChI is InChI=1S/C18H17F3N2O2/c1-3-23(15-9-4-6-12(2)10-15)17(25)16(24)22-14-8-5-7-13(11-14)18(19,20)21/h4-11H,3H2,1-2H3,(H,22,24). The van der Waals surface area contributed by atoms with Crippen LogP contribution in [0.15, 0.2) is 48.5 Å². The number of anilines is 2. The van der Waals surface area contributed by atoms with Crippen molar-refractivity contribution < 1.29 is 22.8 Å². The number of benzene rings is 2. The summed E-state index contributed by atoms with van der Waals surface area (Å²) in [6.45, 7) is 3.81. The third-order valence-electron chi connectivity index (χ3n) is 3.52. The zero-order valence-electron chi connectivity index (χ0n) is 13.7. The summed E-state index contributed by atoms with van der Waals surface area (Å²) in [6, 6.07) is 11.2. The normalized spacial score (nSPS) is 11.1. The van der Waals surface area contributed by atoms with Crippen molar-refractivity contribution in [3.8, 4) is 0 Å². The van der Waals surface area contributed by atoms with E-state index in [2.05, 4.69) is 5.32 Å². The first-order chi connectivity index (χ1) is 11.7. The molecule has 132 valence electrons. The average Bonchev–Trinajstić information content (AvgIpc) is 2.55. The molecule has 0 spiro atoms. The Kier molecular flexibility index (Phi) is 5.46. The SMILES string of the molecule is CCN(C(=O)C(=O)Nc1cccc(C(F)(F)F)c1)c1cccc(C)c1. The molecule has 0 aliphatic carbocycles. The van der Waals surface area contributed by atoms with Crippen LogP contribution in [0.5, 0.6) is 0 Å². The number of halogens is 3. The van der Waals surface area contributed by atoms with E-state index >= 15 is 0 Å². The maximum absolute atomic E-state index is 12.7. The molecule has 0 heterocycles. The molecule has 0 bridgehead atoms. The molecule has 2 aromatic rings. The van der Waals surface area contributed by atoms with Crippen LogP contribution in [0.3, 0.4) is 0 Å². The lowest BCUT2D eigenvalue weighted by atomic mass is 10.2. The molecular weight excluding hydrogens is 333 g/mol. The molecule has 0 aliphatic heterocycles. The van der Waals surface area contributed by atoms with Gasteiger partial charge >= 0.3 is 18.0 Å². The minimum Gasteiger partial charge on any atom is -0.318 e. The molecule has 0 radical (unpaired) electrons. The lowest BCUT2D eigenvalue weighted by Gasteiger charge is -2.21. The summed E-state index contributed by atoms with van der Waals surface area (Å²) in [5, 5.41) is 2.22. The summed E-state index contributed by atoms with van der Waals surface area (Å²) in [5.74, 6) is -1.84. The Balaban J connectivity index is 2.18. The van der Waals surface area contributed by atoms with Gasteiger partial charge in [-0.3, -0.25) is 9.59 Å². The Labute approximate surface area is 143 Å². The average molecular weight is 350 g/mol. The van der Waals surface area contributed by atoms with Crippen molar-refractivity contribution in [1.29, 1.82) is 0 Å². The van der Waals surface area contributed by atoms with Gasteiger partial charge in [-0.25, -0.2) is 0 Å². The van der Waals surface area contributed by atoms with Gasteiger partial charge in [-0.05, 0) is 49.7 Å². The van der Waals surface area contributed by atoms with Crippen LogP contribution in [0.4, 0.5) is 24.5 Å². The van der Waals surface area contributed by atoms with Crippen LogP contribution in [0.25, 0.3) is 0 Å². The van der Waals surface area contributed by atoms with Gasteiger partial charge in [-0.1, -0.05) is 18.2 Å². The lowest BCUT2D eigenvalue weighted by Crippen LogP contribution is -2.39. The molecule has 0 saturated carbocycles. The Morgan fingerprint density at radius 3 is 2.36 bits per heavy atom. The number of likely N-dealkylation sites (N-methyl/N-ethyl adjacent to an activating group) is 1. The van der Waals surface area contributed by atoms with Crippen LogP contribution in [0.1, 0.15) is 18.1 Å². The van der Waals surface area contributed by atoms with E-state index in [1.165, 1.54) is 17.0 Å². The minimum atomic E-state index is -4.53. The smallest absolute Gasteiger partial charge is 0.318 e. The predicted octanol–water partition coefficient (Wildman–Crippen LogP) is 4.01. The molecule has 7 heteroatoms. The molecule has 2 aromatic carbocycles. The first-order valence-electron chi connectivity index (χ1n) is 7.59. The lowest BCUT2D eigenvalue weighted by molar-refractivity contribution is -0.137. The van der Waals surface area contributed by atoms with E-state index in [-0.39, 0.29) is 12.2 Å². The van der Waals surface area contributed by atoms with Gasteiger partial charge in [0, 0.05) is 17.9 Å². The van der Waals surface area contributed by atoms with Crippen molar-refractivity contribution in [1.82, 2.24) is 0 Å². The highest BCUT2D eigenvalue weighted by Gasteiger charge is 2.31. The zero-order valence-corrected chi connectivity index (χ0v) is 13.7. The molecule has 0 saturated heterocycles. The second-order valence-corrected chi connectivity index (χ2v) is 5.42. The molecule has 2 rings (SSSR count). The Morgan fingerprint density at radius 1 is 1.08 bits per heavy atom. The van der Waals surface area contributed by atoms with Crippen molar-refractivity contribution in [2.75, 3.05) is 16.8 Å². The largest absolute Gasteiger partial charge is 0.416 e. The van der Waals surface area contributed by atoms with Gasteiger partial charge in [0.2, 0.25) is 0 Å². The monoisotopic (exact) mass is 350 g/mol. The number of carbonyl (C=O) groups excluding carboxylic acids is 2. The van der Waals surface area contributed by atoms with Crippen LogP contribution >= 0.6 is 0 Å². The fourth-order valence-corrected chi connectivity index (χ4v) is 2.32. The molecule has 0 unspecified atom stereocenters. The molecule has 0 aromatic heterocycles. The molecule has 2 amide bonds. The van der Waals surface area contributed by atoms with E-state index in [1.807, 2.05) is 13.0 Å². The Morgan fingerprint density at radius 2 is 1.76 bits per heavy atom. The first-order valence-corrected chi connectivity index (χ1v) is 7.59. The van der Waals surface area contributed by atoms with Crippen LogP contribution in [-0.2, 0) is 15.8 Å². The summed E-state index contributed by atoms with van der Waals surface area (Å²) in [4.78, 5) is 25.8. The highest BCUT2D eigenvalue weighted by molar-refractivity contribution is 6.44. The third-order valence-corrected chi connectivity index (χ3v) is 3.52. The summed E-state index contributed by atoms with van der Waals surface area (Å²) in [5.41, 5.74) is 0.478. The molecule has 25 heavy (non-hydrogen) atoms. The molecule has 1 N–H and O–H groups in total. The van der Waals surface area contributed by atoms with Crippen LogP contribution < -0.4 is 10.2 Å². The van der Waals surface area contributed by atoms with Crippen LogP contribution in [0.2, 0.25) is 0 Å². The van der Waals surface area contributed by atoms with Gasteiger partial charge in [0.1, 0.15) is 0 Å². The van der Waals surface area contributed by atoms with Crippen molar-refractivity contribution in [3.05, 3.63) is 59.7 Å². The van der Waals surface area contributed by atoms with Gasteiger partial charge in [-0.2, -0.15) is 13.2 Å².